The summed E-state index contributed by atoms with van der Waals surface area (Å²) in [6.45, 7) is 3.88. The fraction of sp³-hybridized carbons (Fsp3) is 0.263. The minimum Gasteiger partial charge on any atom is -0.375 e. The first-order valence-electron chi connectivity index (χ1n) is 8.51. The van der Waals surface area contributed by atoms with E-state index in [1.165, 1.54) is 6.07 Å². The van der Waals surface area contributed by atoms with Gasteiger partial charge in [0.2, 0.25) is 0 Å². The third kappa shape index (κ3) is 3.13. The average molecular weight is 354 g/mol. The molecule has 1 fully saturated rings. The van der Waals surface area contributed by atoms with Gasteiger partial charge in [0, 0.05) is 31.2 Å². The van der Waals surface area contributed by atoms with Crippen molar-refractivity contribution in [1.82, 2.24) is 9.97 Å². The van der Waals surface area contributed by atoms with Crippen molar-refractivity contribution in [1.29, 1.82) is 0 Å². The normalized spacial score (nSPS) is 17.5. The summed E-state index contributed by atoms with van der Waals surface area (Å²) in [5.41, 5.74) is 0.850. The monoisotopic (exact) mass is 354 g/mol. The zero-order valence-electron chi connectivity index (χ0n) is 14.3. The van der Waals surface area contributed by atoms with Gasteiger partial charge in [-0.3, -0.25) is 4.79 Å². The summed E-state index contributed by atoms with van der Waals surface area (Å²) in [5.74, 6) is 0.0785. The van der Waals surface area contributed by atoms with Crippen LogP contribution < -0.4 is 15.8 Å². The lowest BCUT2D eigenvalue weighted by molar-refractivity contribution is 0.0530. The molecule has 3 aromatic rings. The molecule has 0 unspecified atom stereocenters. The van der Waals surface area contributed by atoms with Gasteiger partial charge in [0.25, 0.3) is 5.56 Å². The average Bonchev–Trinajstić information content (AvgIpc) is 2.62. The van der Waals surface area contributed by atoms with Crippen molar-refractivity contribution in [2.75, 3.05) is 29.9 Å². The largest absolute Gasteiger partial charge is 0.375 e. The number of pyridine rings is 2. The van der Waals surface area contributed by atoms with E-state index in [4.69, 9.17) is 4.74 Å². The summed E-state index contributed by atoms with van der Waals surface area (Å²) in [6.07, 6.45) is 3.28. The molecular formula is C19H19FN4O2. The molecule has 2 aromatic heterocycles. The van der Waals surface area contributed by atoms with Crippen molar-refractivity contribution in [2.45, 2.75) is 13.0 Å². The number of H-pyrrole nitrogens is 1. The standard InChI is InChI=1S/C19H19FN4O2/c1-12-11-24(8-9-26-12)16-3-2-14(10-15(16)20)23-18-17-13(4-6-21-18)5-7-22-19(17)25/h2-7,10,12H,8-9,11H2,1H3,(H,21,23)(H,22,25)/t12-/m1/s1. The number of aromatic amines is 1. The Morgan fingerprint density at radius 2 is 2.23 bits per heavy atom. The molecule has 1 aliphatic rings. The summed E-state index contributed by atoms with van der Waals surface area (Å²) in [4.78, 5) is 21.0. The minimum absolute atomic E-state index is 0.0764. The lowest BCUT2D eigenvalue weighted by Gasteiger charge is -2.33. The third-order valence-corrected chi connectivity index (χ3v) is 4.48. The molecular weight excluding hydrogens is 335 g/mol. The second-order valence-electron chi connectivity index (χ2n) is 6.35. The molecule has 0 radical (unpaired) electrons. The molecule has 0 aliphatic carbocycles. The van der Waals surface area contributed by atoms with Gasteiger partial charge in [-0.1, -0.05) is 0 Å². The SMILES string of the molecule is C[C@@H]1CN(c2ccc(Nc3nccc4cc[nH]c(=O)c34)cc2F)CCO1. The van der Waals surface area contributed by atoms with Gasteiger partial charge >= 0.3 is 0 Å². The zero-order valence-corrected chi connectivity index (χ0v) is 14.3. The lowest BCUT2D eigenvalue weighted by atomic mass is 10.2. The molecule has 134 valence electrons. The summed E-state index contributed by atoms with van der Waals surface area (Å²) in [7, 11) is 0. The number of fused-ring (bicyclic) bond motifs is 1. The van der Waals surface area contributed by atoms with Crippen LogP contribution in [-0.4, -0.2) is 35.8 Å². The van der Waals surface area contributed by atoms with Gasteiger partial charge in [-0.2, -0.15) is 0 Å². The van der Waals surface area contributed by atoms with E-state index in [-0.39, 0.29) is 17.5 Å². The number of halogens is 1. The number of nitrogens with one attached hydrogen (secondary N) is 2. The van der Waals surface area contributed by atoms with Crippen molar-refractivity contribution < 1.29 is 9.13 Å². The van der Waals surface area contributed by atoms with Crippen molar-refractivity contribution in [3.8, 4) is 0 Å². The molecule has 26 heavy (non-hydrogen) atoms. The fourth-order valence-electron chi connectivity index (χ4n) is 3.24. The van der Waals surface area contributed by atoms with Gasteiger partial charge in [0.15, 0.2) is 0 Å². The van der Waals surface area contributed by atoms with Crippen LogP contribution in [0, 0.1) is 5.82 Å². The zero-order chi connectivity index (χ0) is 18.1. The van der Waals surface area contributed by atoms with Crippen molar-refractivity contribution in [3.63, 3.8) is 0 Å². The summed E-state index contributed by atoms with van der Waals surface area (Å²) >= 11 is 0. The maximum atomic E-state index is 14.6. The number of rotatable bonds is 3. The van der Waals surface area contributed by atoms with Crippen LogP contribution in [0.25, 0.3) is 10.8 Å². The molecule has 1 saturated heterocycles. The van der Waals surface area contributed by atoms with E-state index in [2.05, 4.69) is 15.3 Å². The number of morpholine rings is 1. The maximum Gasteiger partial charge on any atom is 0.259 e. The Morgan fingerprint density at radius 1 is 1.35 bits per heavy atom. The van der Waals surface area contributed by atoms with Gasteiger partial charge < -0.3 is 19.9 Å². The molecule has 1 aromatic carbocycles. The highest BCUT2D eigenvalue weighted by atomic mass is 19.1. The highest BCUT2D eigenvalue weighted by Crippen LogP contribution is 2.27. The van der Waals surface area contributed by atoms with Gasteiger partial charge in [-0.05, 0) is 42.6 Å². The van der Waals surface area contributed by atoms with E-state index in [1.807, 2.05) is 11.8 Å². The molecule has 0 amide bonds. The van der Waals surface area contributed by atoms with Gasteiger partial charge in [-0.15, -0.1) is 0 Å². The first-order valence-corrected chi connectivity index (χ1v) is 8.51. The predicted octanol–water partition coefficient (Wildman–Crippen LogP) is 3.03. The Bertz CT molecular complexity index is 999. The summed E-state index contributed by atoms with van der Waals surface area (Å²) < 4.78 is 20.2. The first-order chi connectivity index (χ1) is 12.6. The second kappa shape index (κ2) is 6.76. The molecule has 7 heteroatoms. The minimum atomic E-state index is -0.321. The number of ether oxygens (including phenoxy) is 1. The number of hydrogen-bond acceptors (Lipinski definition) is 5. The van der Waals surface area contributed by atoms with Crippen LogP contribution in [-0.2, 0) is 4.74 Å². The Kier molecular flexibility index (Phi) is 4.30. The number of hydrogen-bond donors (Lipinski definition) is 2. The van der Waals surface area contributed by atoms with Crippen LogP contribution in [0.1, 0.15) is 6.92 Å². The highest BCUT2D eigenvalue weighted by molar-refractivity contribution is 5.92. The van der Waals surface area contributed by atoms with Crippen molar-refractivity contribution in [2.24, 2.45) is 0 Å². The Labute approximate surface area is 149 Å². The van der Waals surface area contributed by atoms with Crippen LogP contribution in [0.4, 0.5) is 21.6 Å². The Morgan fingerprint density at radius 3 is 3.04 bits per heavy atom. The molecule has 1 atom stereocenters. The van der Waals surface area contributed by atoms with E-state index in [0.717, 1.165) is 5.39 Å². The Balaban J connectivity index is 1.64. The molecule has 6 nitrogen and oxygen atoms in total. The summed E-state index contributed by atoms with van der Waals surface area (Å²) in [5, 5.41) is 4.27. The third-order valence-electron chi connectivity index (χ3n) is 4.48. The lowest BCUT2D eigenvalue weighted by Crippen LogP contribution is -2.41. The second-order valence-corrected chi connectivity index (χ2v) is 6.35. The maximum absolute atomic E-state index is 14.6. The molecule has 0 saturated carbocycles. The van der Waals surface area contributed by atoms with Crippen LogP contribution in [0.15, 0.2) is 47.5 Å². The van der Waals surface area contributed by atoms with Crippen LogP contribution in [0.5, 0.6) is 0 Å². The van der Waals surface area contributed by atoms with Crippen molar-refractivity contribution >= 4 is 28.0 Å². The number of benzene rings is 1. The van der Waals surface area contributed by atoms with Gasteiger partial charge in [0.05, 0.1) is 23.8 Å². The predicted molar refractivity (Wildman–Crippen MR) is 99.7 cm³/mol. The fourth-order valence-corrected chi connectivity index (χ4v) is 3.24. The van der Waals surface area contributed by atoms with Crippen LogP contribution in [0.3, 0.4) is 0 Å². The first kappa shape index (κ1) is 16.5. The van der Waals surface area contributed by atoms with Crippen molar-refractivity contribution in [3.05, 3.63) is 58.9 Å². The van der Waals surface area contributed by atoms with Gasteiger partial charge in [-0.25, -0.2) is 9.37 Å². The highest BCUT2D eigenvalue weighted by Gasteiger charge is 2.20. The number of aromatic nitrogens is 2. The molecule has 0 bridgehead atoms. The van der Waals surface area contributed by atoms with Crippen LogP contribution >= 0.6 is 0 Å². The van der Waals surface area contributed by atoms with E-state index in [0.29, 0.717) is 42.3 Å². The van der Waals surface area contributed by atoms with E-state index >= 15 is 0 Å². The molecule has 0 spiro atoms. The van der Waals surface area contributed by atoms with Gasteiger partial charge in [0.1, 0.15) is 11.6 Å². The molecule has 2 N–H and O–H groups in total. The van der Waals surface area contributed by atoms with E-state index in [1.54, 1.807) is 36.7 Å². The smallest absolute Gasteiger partial charge is 0.259 e. The number of nitrogens with zero attached hydrogens (tertiary/aromatic N) is 2. The molecule has 3 heterocycles. The topological polar surface area (TPSA) is 70.2 Å². The Hall–Kier alpha value is -2.93. The summed E-state index contributed by atoms with van der Waals surface area (Å²) in [6, 6.07) is 8.51. The van der Waals surface area contributed by atoms with E-state index in [9.17, 15) is 9.18 Å². The number of anilines is 3. The molecule has 1 aliphatic heterocycles. The molecule has 4 rings (SSSR count). The quantitative estimate of drug-likeness (QED) is 0.757. The van der Waals surface area contributed by atoms with Crippen LogP contribution in [0.2, 0.25) is 0 Å². The van der Waals surface area contributed by atoms with E-state index < -0.39 is 0 Å².